The smallest absolute Gasteiger partial charge is 0.330 e. The van der Waals surface area contributed by atoms with Crippen molar-refractivity contribution in [3.8, 4) is 17.4 Å². The first-order chi connectivity index (χ1) is 12.2. The summed E-state index contributed by atoms with van der Waals surface area (Å²) < 4.78 is 15.9. The van der Waals surface area contributed by atoms with Crippen LogP contribution in [0.5, 0.6) is 17.4 Å². The molecule has 0 aliphatic carbocycles. The van der Waals surface area contributed by atoms with E-state index < -0.39 is 5.97 Å². The molecule has 6 heteroatoms. The zero-order valence-corrected chi connectivity index (χ0v) is 13.8. The molecule has 126 valence electrons. The van der Waals surface area contributed by atoms with Crippen LogP contribution in [0.25, 0.3) is 17.0 Å². The van der Waals surface area contributed by atoms with E-state index in [2.05, 4.69) is 14.7 Å². The number of hydrogen-bond donors (Lipinski definition) is 0. The third-order valence-electron chi connectivity index (χ3n) is 3.51. The average molecular weight is 336 g/mol. The van der Waals surface area contributed by atoms with E-state index in [0.717, 1.165) is 16.5 Å². The van der Waals surface area contributed by atoms with Crippen molar-refractivity contribution in [2.24, 2.45) is 0 Å². The van der Waals surface area contributed by atoms with Crippen molar-refractivity contribution < 1.29 is 19.0 Å². The van der Waals surface area contributed by atoms with Gasteiger partial charge in [-0.2, -0.15) is 0 Å². The summed E-state index contributed by atoms with van der Waals surface area (Å²) in [4.78, 5) is 19.6. The molecule has 3 rings (SSSR count). The molecule has 25 heavy (non-hydrogen) atoms. The Bertz CT molecular complexity index is 932. The van der Waals surface area contributed by atoms with E-state index in [9.17, 15) is 4.79 Å². The molecule has 6 nitrogen and oxygen atoms in total. The van der Waals surface area contributed by atoms with Crippen LogP contribution in [0.1, 0.15) is 5.56 Å². The Hall–Kier alpha value is -3.41. The molecule has 1 heterocycles. The number of benzene rings is 2. The van der Waals surface area contributed by atoms with Crippen molar-refractivity contribution in [1.29, 1.82) is 0 Å². The molecule has 0 fully saturated rings. The van der Waals surface area contributed by atoms with E-state index in [4.69, 9.17) is 9.47 Å². The molecule has 3 aromatic rings. The normalized spacial score (nSPS) is 10.8. The summed E-state index contributed by atoms with van der Waals surface area (Å²) in [6.45, 7) is 0. The SMILES string of the molecule is COC(=O)C=Cc1ccc(Oc2ncnc3ccccc23)c(OC)c1. The van der Waals surface area contributed by atoms with Gasteiger partial charge < -0.3 is 14.2 Å². The van der Waals surface area contributed by atoms with E-state index in [1.54, 1.807) is 31.4 Å². The molecule has 0 unspecified atom stereocenters. The van der Waals surface area contributed by atoms with Crippen molar-refractivity contribution >= 4 is 22.9 Å². The fourth-order valence-corrected chi connectivity index (χ4v) is 2.27. The van der Waals surface area contributed by atoms with Crippen molar-refractivity contribution in [3.05, 3.63) is 60.4 Å². The molecule has 0 N–H and O–H groups in total. The van der Waals surface area contributed by atoms with Crippen LogP contribution in [-0.4, -0.2) is 30.2 Å². The van der Waals surface area contributed by atoms with Crippen molar-refractivity contribution in [3.63, 3.8) is 0 Å². The molecule has 0 bridgehead atoms. The predicted molar refractivity (Wildman–Crippen MR) is 93.7 cm³/mol. The maximum absolute atomic E-state index is 11.2. The highest BCUT2D eigenvalue weighted by molar-refractivity contribution is 5.87. The van der Waals surface area contributed by atoms with E-state index in [0.29, 0.717) is 17.4 Å². The third kappa shape index (κ3) is 3.74. The fourth-order valence-electron chi connectivity index (χ4n) is 2.27. The number of esters is 1. The number of para-hydroxylation sites is 1. The highest BCUT2D eigenvalue weighted by Crippen LogP contribution is 2.34. The molecule has 0 atom stereocenters. The lowest BCUT2D eigenvalue weighted by Crippen LogP contribution is -1.95. The monoisotopic (exact) mass is 336 g/mol. The Morgan fingerprint density at radius 1 is 1.04 bits per heavy atom. The van der Waals surface area contributed by atoms with Gasteiger partial charge in [-0.1, -0.05) is 18.2 Å². The molecule has 0 radical (unpaired) electrons. The number of nitrogens with zero attached hydrogens (tertiary/aromatic N) is 2. The second-order valence-corrected chi connectivity index (χ2v) is 5.06. The van der Waals surface area contributed by atoms with Crippen LogP contribution in [0.2, 0.25) is 0 Å². The number of methoxy groups -OCH3 is 2. The largest absolute Gasteiger partial charge is 0.493 e. The number of carbonyl (C=O) groups excluding carboxylic acids is 1. The van der Waals surface area contributed by atoms with Crippen LogP contribution >= 0.6 is 0 Å². The van der Waals surface area contributed by atoms with Crippen molar-refractivity contribution in [2.75, 3.05) is 14.2 Å². The summed E-state index contributed by atoms with van der Waals surface area (Å²) in [5.41, 5.74) is 1.58. The molecule has 0 spiro atoms. The molecule has 0 saturated heterocycles. The van der Waals surface area contributed by atoms with Gasteiger partial charge in [0.2, 0.25) is 5.88 Å². The first-order valence-electron chi connectivity index (χ1n) is 7.53. The number of rotatable bonds is 5. The fraction of sp³-hybridized carbons (Fsp3) is 0.105. The van der Waals surface area contributed by atoms with Gasteiger partial charge >= 0.3 is 5.97 Å². The van der Waals surface area contributed by atoms with Gasteiger partial charge in [-0.05, 0) is 35.9 Å². The van der Waals surface area contributed by atoms with Crippen LogP contribution in [-0.2, 0) is 9.53 Å². The van der Waals surface area contributed by atoms with E-state index >= 15 is 0 Å². The Morgan fingerprint density at radius 2 is 1.88 bits per heavy atom. The molecule has 0 saturated carbocycles. The van der Waals surface area contributed by atoms with Gasteiger partial charge in [0.05, 0.1) is 25.1 Å². The summed E-state index contributed by atoms with van der Waals surface area (Å²) in [5, 5.41) is 0.807. The number of aromatic nitrogens is 2. The molecule has 0 aliphatic heterocycles. The summed E-state index contributed by atoms with van der Waals surface area (Å²) in [6.07, 6.45) is 4.43. The highest BCUT2D eigenvalue weighted by atomic mass is 16.5. The average Bonchev–Trinajstić information content (AvgIpc) is 2.67. The summed E-state index contributed by atoms with van der Waals surface area (Å²) in [6, 6.07) is 12.9. The first kappa shape index (κ1) is 16.4. The molecule has 1 aromatic heterocycles. The summed E-state index contributed by atoms with van der Waals surface area (Å²) >= 11 is 0. The van der Waals surface area contributed by atoms with E-state index in [1.165, 1.54) is 19.5 Å². The maximum Gasteiger partial charge on any atom is 0.330 e. The van der Waals surface area contributed by atoms with Crippen LogP contribution in [0.15, 0.2) is 54.9 Å². The van der Waals surface area contributed by atoms with Gasteiger partial charge in [0.15, 0.2) is 11.5 Å². The second kappa shape index (κ2) is 7.44. The lowest BCUT2D eigenvalue weighted by Gasteiger charge is -2.11. The highest BCUT2D eigenvalue weighted by Gasteiger charge is 2.10. The minimum Gasteiger partial charge on any atom is -0.493 e. The molecule has 2 aromatic carbocycles. The van der Waals surface area contributed by atoms with Crippen LogP contribution < -0.4 is 9.47 Å². The van der Waals surface area contributed by atoms with Gasteiger partial charge in [0.25, 0.3) is 0 Å². The standard InChI is InChI=1S/C19H16N2O4/c1-23-17-11-13(8-10-18(22)24-2)7-9-16(17)25-19-14-5-3-4-6-15(14)20-12-21-19/h3-12H,1-2H3. The van der Waals surface area contributed by atoms with Gasteiger partial charge in [-0.15, -0.1) is 0 Å². The zero-order chi connectivity index (χ0) is 17.6. The van der Waals surface area contributed by atoms with Crippen LogP contribution in [0.3, 0.4) is 0 Å². The maximum atomic E-state index is 11.2. The van der Waals surface area contributed by atoms with Gasteiger partial charge in [0.1, 0.15) is 6.33 Å². The Labute approximate surface area is 144 Å². The second-order valence-electron chi connectivity index (χ2n) is 5.06. The summed E-state index contributed by atoms with van der Waals surface area (Å²) in [7, 11) is 2.88. The van der Waals surface area contributed by atoms with Crippen LogP contribution in [0.4, 0.5) is 0 Å². The Balaban J connectivity index is 1.92. The van der Waals surface area contributed by atoms with Gasteiger partial charge in [-0.3, -0.25) is 0 Å². The molecular weight excluding hydrogens is 320 g/mol. The number of ether oxygens (including phenoxy) is 3. The minimum atomic E-state index is -0.424. The Morgan fingerprint density at radius 3 is 2.68 bits per heavy atom. The first-order valence-corrected chi connectivity index (χ1v) is 7.53. The summed E-state index contributed by atoms with van der Waals surface area (Å²) in [5.74, 6) is 1.06. The number of carbonyl (C=O) groups is 1. The quantitative estimate of drug-likeness (QED) is 0.523. The number of fused-ring (bicyclic) bond motifs is 1. The van der Waals surface area contributed by atoms with Crippen LogP contribution in [0, 0.1) is 0 Å². The Kier molecular flexibility index (Phi) is 4.89. The molecular formula is C19H16N2O4. The lowest BCUT2D eigenvalue weighted by molar-refractivity contribution is -0.134. The molecule has 0 aliphatic rings. The third-order valence-corrected chi connectivity index (χ3v) is 3.51. The lowest BCUT2D eigenvalue weighted by atomic mass is 10.2. The molecule has 0 amide bonds. The topological polar surface area (TPSA) is 70.5 Å². The van der Waals surface area contributed by atoms with Crippen molar-refractivity contribution in [1.82, 2.24) is 9.97 Å². The van der Waals surface area contributed by atoms with Gasteiger partial charge in [0, 0.05) is 6.08 Å². The zero-order valence-electron chi connectivity index (χ0n) is 13.8. The van der Waals surface area contributed by atoms with Crippen molar-refractivity contribution in [2.45, 2.75) is 0 Å². The van der Waals surface area contributed by atoms with E-state index in [-0.39, 0.29) is 0 Å². The van der Waals surface area contributed by atoms with Gasteiger partial charge in [-0.25, -0.2) is 14.8 Å². The minimum absolute atomic E-state index is 0.424. The number of hydrogen-bond acceptors (Lipinski definition) is 6. The predicted octanol–water partition coefficient (Wildman–Crippen LogP) is 3.62. The van der Waals surface area contributed by atoms with E-state index in [1.807, 2.05) is 24.3 Å².